The lowest BCUT2D eigenvalue weighted by atomic mass is 10.0. The molecule has 0 atom stereocenters. The molecular formula is C19H17NO. The minimum atomic E-state index is 0.488. The Bertz CT molecular complexity index is 673. The second kappa shape index (κ2) is 7.12. The van der Waals surface area contributed by atoms with Gasteiger partial charge in [-0.1, -0.05) is 54.6 Å². The van der Waals surface area contributed by atoms with Crippen LogP contribution in [0.25, 0.3) is 11.6 Å². The highest BCUT2D eigenvalue weighted by molar-refractivity contribution is 5.89. The van der Waals surface area contributed by atoms with Gasteiger partial charge >= 0.3 is 0 Å². The van der Waals surface area contributed by atoms with Crippen LogP contribution in [0.4, 0.5) is 0 Å². The van der Waals surface area contributed by atoms with Crippen LogP contribution in [0.15, 0.2) is 61.2 Å². The van der Waals surface area contributed by atoms with Crippen molar-refractivity contribution in [2.75, 3.05) is 6.61 Å². The summed E-state index contributed by atoms with van der Waals surface area (Å²) < 4.78 is 5.44. The summed E-state index contributed by atoms with van der Waals surface area (Å²) >= 11 is 0. The van der Waals surface area contributed by atoms with E-state index >= 15 is 0 Å². The first-order valence-electron chi connectivity index (χ1n) is 6.75. The summed E-state index contributed by atoms with van der Waals surface area (Å²) in [5, 5.41) is 9.33. The summed E-state index contributed by atoms with van der Waals surface area (Å²) in [6.07, 6.45) is 3.58. The lowest BCUT2D eigenvalue weighted by molar-refractivity contribution is 0.363. The minimum absolute atomic E-state index is 0.488. The first-order valence-corrected chi connectivity index (χ1v) is 6.75. The predicted molar refractivity (Wildman–Crippen MR) is 86.8 cm³/mol. The van der Waals surface area contributed by atoms with Gasteiger partial charge in [-0.3, -0.25) is 0 Å². The van der Waals surface area contributed by atoms with Crippen molar-refractivity contribution in [1.29, 1.82) is 5.26 Å². The van der Waals surface area contributed by atoms with Crippen molar-refractivity contribution in [3.05, 3.63) is 77.9 Å². The van der Waals surface area contributed by atoms with Crippen LogP contribution in [-0.2, 0) is 0 Å². The monoisotopic (exact) mass is 275 g/mol. The van der Waals surface area contributed by atoms with Gasteiger partial charge < -0.3 is 4.74 Å². The molecule has 0 heterocycles. The highest BCUT2D eigenvalue weighted by Gasteiger charge is 2.01. The fourth-order valence-corrected chi connectivity index (χ4v) is 1.90. The zero-order chi connectivity index (χ0) is 15.1. The minimum Gasteiger partial charge on any atom is -0.490 e. The Hall–Kier alpha value is -2.79. The second-order valence-electron chi connectivity index (χ2n) is 4.70. The SMILES string of the molecule is C=CCOc1ccc(/C=C(\C#N)c2ccc(C)cc2)cc1. The Morgan fingerprint density at radius 3 is 2.38 bits per heavy atom. The molecule has 0 fully saturated rings. The molecule has 2 aromatic carbocycles. The molecule has 0 bridgehead atoms. The molecule has 0 saturated heterocycles. The van der Waals surface area contributed by atoms with Crippen molar-refractivity contribution in [2.24, 2.45) is 0 Å². The first kappa shape index (κ1) is 14.6. The fourth-order valence-electron chi connectivity index (χ4n) is 1.90. The number of hydrogen-bond acceptors (Lipinski definition) is 2. The van der Waals surface area contributed by atoms with Gasteiger partial charge in [0, 0.05) is 0 Å². The molecule has 2 aromatic rings. The molecule has 0 aromatic heterocycles. The van der Waals surface area contributed by atoms with Gasteiger partial charge in [0.15, 0.2) is 0 Å². The zero-order valence-electron chi connectivity index (χ0n) is 12.0. The lowest BCUT2D eigenvalue weighted by Crippen LogP contribution is -1.92. The van der Waals surface area contributed by atoms with Gasteiger partial charge in [0.25, 0.3) is 0 Å². The summed E-state index contributed by atoms with van der Waals surface area (Å²) in [5.74, 6) is 0.792. The Morgan fingerprint density at radius 1 is 1.14 bits per heavy atom. The molecule has 0 unspecified atom stereocenters. The molecule has 2 heteroatoms. The average Bonchev–Trinajstić information content (AvgIpc) is 2.53. The Kier molecular flexibility index (Phi) is 4.95. The normalized spacial score (nSPS) is 10.8. The molecular weight excluding hydrogens is 258 g/mol. The number of aryl methyl sites for hydroxylation is 1. The number of benzene rings is 2. The van der Waals surface area contributed by atoms with Gasteiger partial charge in [0.2, 0.25) is 0 Å². The van der Waals surface area contributed by atoms with E-state index in [0.717, 1.165) is 16.9 Å². The predicted octanol–water partition coefficient (Wildman–Crippen LogP) is 4.62. The topological polar surface area (TPSA) is 33.0 Å². The summed E-state index contributed by atoms with van der Waals surface area (Å²) in [7, 11) is 0. The molecule has 0 aliphatic heterocycles. The molecule has 2 rings (SSSR count). The highest BCUT2D eigenvalue weighted by atomic mass is 16.5. The molecule has 0 radical (unpaired) electrons. The van der Waals surface area contributed by atoms with Gasteiger partial charge in [-0.25, -0.2) is 0 Å². The molecule has 0 aliphatic rings. The van der Waals surface area contributed by atoms with Crippen molar-refractivity contribution >= 4 is 11.6 Å². The smallest absolute Gasteiger partial charge is 0.119 e. The van der Waals surface area contributed by atoms with Crippen LogP contribution in [0.5, 0.6) is 5.75 Å². The molecule has 21 heavy (non-hydrogen) atoms. The van der Waals surface area contributed by atoms with Gasteiger partial charge in [0.1, 0.15) is 12.4 Å². The van der Waals surface area contributed by atoms with E-state index in [0.29, 0.717) is 12.2 Å². The number of rotatable bonds is 5. The van der Waals surface area contributed by atoms with E-state index in [1.54, 1.807) is 6.08 Å². The number of nitrogens with zero attached hydrogens (tertiary/aromatic N) is 1. The van der Waals surface area contributed by atoms with Crippen LogP contribution in [0.2, 0.25) is 0 Å². The number of allylic oxidation sites excluding steroid dienone is 1. The summed E-state index contributed by atoms with van der Waals surface area (Å²) in [6, 6.07) is 17.8. The molecule has 0 amide bonds. The van der Waals surface area contributed by atoms with Crippen LogP contribution >= 0.6 is 0 Å². The van der Waals surface area contributed by atoms with E-state index in [1.165, 1.54) is 5.56 Å². The van der Waals surface area contributed by atoms with E-state index in [-0.39, 0.29) is 0 Å². The Labute approximate surface area is 125 Å². The van der Waals surface area contributed by atoms with Crippen LogP contribution in [-0.4, -0.2) is 6.61 Å². The lowest BCUT2D eigenvalue weighted by Gasteiger charge is -2.04. The van der Waals surface area contributed by atoms with Crippen LogP contribution in [0.3, 0.4) is 0 Å². The number of hydrogen-bond donors (Lipinski definition) is 0. The number of ether oxygens (including phenoxy) is 1. The summed E-state index contributed by atoms with van der Waals surface area (Å²) in [5.41, 5.74) is 3.72. The molecule has 2 nitrogen and oxygen atoms in total. The molecule has 0 aliphatic carbocycles. The Balaban J connectivity index is 2.22. The standard InChI is InChI=1S/C19H17NO/c1-3-12-21-19-10-6-16(7-11-19)13-18(14-20)17-8-4-15(2)5-9-17/h3-11,13H,1,12H2,2H3/b18-13+. The van der Waals surface area contributed by atoms with Crippen LogP contribution in [0.1, 0.15) is 16.7 Å². The molecule has 0 N–H and O–H groups in total. The quantitative estimate of drug-likeness (QED) is 0.453. The third-order valence-corrected chi connectivity index (χ3v) is 3.04. The van der Waals surface area contributed by atoms with Gasteiger partial charge in [-0.05, 0) is 36.3 Å². The highest BCUT2D eigenvalue weighted by Crippen LogP contribution is 2.20. The van der Waals surface area contributed by atoms with E-state index in [4.69, 9.17) is 4.74 Å². The fraction of sp³-hybridized carbons (Fsp3) is 0.105. The van der Waals surface area contributed by atoms with Crippen molar-refractivity contribution in [3.8, 4) is 11.8 Å². The summed E-state index contributed by atoms with van der Waals surface area (Å²) in [4.78, 5) is 0. The van der Waals surface area contributed by atoms with Crippen molar-refractivity contribution in [2.45, 2.75) is 6.92 Å². The van der Waals surface area contributed by atoms with E-state index in [9.17, 15) is 5.26 Å². The van der Waals surface area contributed by atoms with Gasteiger partial charge in [-0.15, -0.1) is 0 Å². The van der Waals surface area contributed by atoms with E-state index < -0.39 is 0 Å². The molecule has 0 saturated carbocycles. The van der Waals surface area contributed by atoms with Gasteiger partial charge in [-0.2, -0.15) is 5.26 Å². The third kappa shape index (κ3) is 4.09. The van der Waals surface area contributed by atoms with Crippen molar-refractivity contribution in [1.82, 2.24) is 0 Å². The zero-order valence-corrected chi connectivity index (χ0v) is 12.0. The second-order valence-corrected chi connectivity index (χ2v) is 4.70. The Morgan fingerprint density at radius 2 is 1.81 bits per heavy atom. The van der Waals surface area contributed by atoms with Crippen molar-refractivity contribution < 1.29 is 4.74 Å². The number of nitriles is 1. The maximum atomic E-state index is 9.33. The molecule has 104 valence electrons. The third-order valence-electron chi connectivity index (χ3n) is 3.04. The van der Waals surface area contributed by atoms with Crippen molar-refractivity contribution in [3.63, 3.8) is 0 Å². The van der Waals surface area contributed by atoms with E-state index in [2.05, 4.69) is 12.6 Å². The van der Waals surface area contributed by atoms with E-state index in [1.807, 2.05) is 61.5 Å². The first-order chi connectivity index (χ1) is 10.2. The van der Waals surface area contributed by atoms with Crippen LogP contribution < -0.4 is 4.74 Å². The van der Waals surface area contributed by atoms with Gasteiger partial charge in [0.05, 0.1) is 11.6 Å². The maximum absolute atomic E-state index is 9.33. The largest absolute Gasteiger partial charge is 0.490 e. The van der Waals surface area contributed by atoms with Crippen LogP contribution in [0, 0.1) is 18.3 Å². The summed E-state index contributed by atoms with van der Waals surface area (Å²) in [6.45, 7) is 6.13. The average molecular weight is 275 g/mol. The maximum Gasteiger partial charge on any atom is 0.119 e. The molecule has 0 spiro atoms.